The molecule has 0 fully saturated rings. The highest BCUT2D eigenvalue weighted by molar-refractivity contribution is 5.81. The van der Waals surface area contributed by atoms with Crippen LogP contribution in [0.15, 0.2) is 58.3 Å². The Hall–Kier alpha value is -2.16. The van der Waals surface area contributed by atoms with E-state index in [2.05, 4.69) is 4.99 Å². The molecule has 2 rings (SSSR count). The van der Waals surface area contributed by atoms with Gasteiger partial charge in [-0.2, -0.15) is 0 Å². The molecule has 0 radical (unpaired) electrons. The molecule has 3 nitrogen and oxygen atoms in total. The van der Waals surface area contributed by atoms with E-state index in [4.69, 9.17) is 4.42 Å². The average Bonchev–Trinajstić information content (AvgIpc) is 2.98. The van der Waals surface area contributed by atoms with Gasteiger partial charge in [0.1, 0.15) is 5.78 Å². The zero-order valence-electron chi connectivity index (χ0n) is 11.0. The van der Waals surface area contributed by atoms with Gasteiger partial charge in [-0.05, 0) is 11.6 Å². The number of carbonyl (C=O) groups excluding carboxylic acids is 1. The molecule has 0 spiro atoms. The van der Waals surface area contributed by atoms with E-state index in [9.17, 15) is 4.79 Å². The third kappa shape index (κ3) is 3.91. The summed E-state index contributed by atoms with van der Waals surface area (Å²) in [7, 11) is 0. The van der Waals surface area contributed by atoms with Crippen LogP contribution in [0.3, 0.4) is 0 Å². The molecule has 1 aromatic carbocycles. The van der Waals surface area contributed by atoms with Crippen molar-refractivity contribution in [2.24, 2.45) is 4.99 Å². The van der Waals surface area contributed by atoms with Gasteiger partial charge in [0.25, 0.3) is 0 Å². The number of Topliss-reactive ketones (excluding diaryl/α,β-unsaturated/α-hetero) is 1. The topological polar surface area (TPSA) is 42.6 Å². The molecule has 0 bridgehead atoms. The van der Waals surface area contributed by atoms with Gasteiger partial charge in [-0.3, -0.25) is 9.79 Å². The van der Waals surface area contributed by atoms with Crippen LogP contribution in [0.4, 0.5) is 0 Å². The number of benzene rings is 1. The van der Waals surface area contributed by atoms with E-state index in [-0.39, 0.29) is 11.8 Å². The summed E-state index contributed by atoms with van der Waals surface area (Å²) in [5.74, 6) is 0.205. The van der Waals surface area contributed by atoms with Crippen molar-refractivity contribution in [2.45, 2.75) is 25.8 Å². The molecule has 0 saturated heterocycles. The summed E-state index contributed by atoms with van der Waals surface area (Å²) in [6, 6.07) is 11.6. The molecule has 1 atom stereocenters. The fourth-order valence-electron chi connectivity index (χ4n) is 1.80. The van der Waals surface area contributed by atoms with Gasteiger partial charge in [0.2, 0.25) is 0 Å². The minimum absolute atomic E-state index is 0.161. The van der Waals surface area contributed by atoms with Crippen molar-refractivity contribution < 1.29 is 9.21 Å². The first-order valence-electron chi connectivity index (χ1n) is 6.41. The van der Waals surface area contributed by atoms with Crippen molar-refractivity contribution >= 4 is 12.0 Å². The summed E-state index contributed by atoms with van der Waals surface area (Å²) in [6.07, 6.45) is 6.02. The van der Waals surface area contributed by atoms with E-state index >= 15 is 0 Å². The number of ketones is 1. The maximum absolute atomic E-state index is 11.6. The predicted octanol–water partition coefficient (Wildman–Crippen LogP) is 3.81. The van der Waals surface area contributed by atoms with Crippen LogP contribution in [-0.4, -0.2) is 12.0 Å². The van der Waals surface area contributed by atoms with Gasteiger partial charge in [-0.15, -0.1) is 0 Å². The standard InChI is InChI=1S/C16H17NO2/c1-2-15(18)10-16(14-8-9-19-12-14)17-11-13-6-4-3-5-7-13/h3-9,11-12,16H,2,10H2,1H3/t16-/m0/s1. The van der Waals surface area contributed by atoms with Gasteiger partial charge in [0, 0.05) is 24.6 Å². The number of hydrogen-bond donors (Lipinski definition) is 0. The molecular formula is C16H17NO2. The van der Waals surface area contributed by atoms with Crippen molar-refractivity contribution in [2.75, 3.05) is 0 Å². The first-order chi connectivity index (χ1) is 9.29. The Bertz CT molecular complexity index is 529. The smallest absolute Gasteiger partial charge is 0.135 e. The maximum atomic E-state index is 11.6. The van der Waals surface area contributed by atoms with E-state index in [0.29, 0.717) is 12.8 Å². The van der Waals surface area contributed by atoms with Crippen molar-refractivity contribution in [3.63, 3.8) is 0 Å². The molecule has 0 saturated carbocycles. The lowest BCUT2D eigenvalue weighted by atomic mass is 10.0. The summed E-state index contributed by atoms with van der Waals surface area (Å²) in [4.78, 5) is 16.1. The monoisotopic (exact) mass is 255 g/mol. The van der Waals surface area contributed by atoms with Gasteiger partial charge in [-0.1, -0.05) is 37.3 Å². The van der Waals surface area contributed by atoms with Crippen LogP contribution in [0.1, 0.15) is 36.9 Å². The molecule has 0 aliphatic heterocycles. The van der Waals surface area contributed by atoms with Gasteiger partial charge in [0.15, 0.2) is 0 Å². The highest BCUT2D eigenvalue weighted by Gasteiger charge is 2.14. The number of rotatable bonds is 6. The molecule has 3 heteroatoms. The van der Waals surface area contributed by atoms with Crippen LogP contribution in [0.25, 0.3) is 0 Å². The first-order valence-corrected chi connectivity index (χ1v) is 6.41. The Kier molecular flexibility index (Phi) is 4.67. The number of furan rings is 1. The Balaban J connectivity index is 2.14. The van der Waals surface area contributed by atoms with Gasteiger partial charge < -0.3 is 4.42 Å². The van der Waals surface area contributed by atoms with Gasteiger partial charge >= 0.3 is 0 Å². The quantitative estimate of drug-likeness (QED) is 0.736. The Labute approximate surface area is 113 Å². The molecule has 19 heavy (non-hydrogen) atoms. The predicted molar refractivity (Wildman–Crippen MR) is 75.4 cm³/mol. The van der Waals surface area contributed by atoms with Crippen LogP contribution in [0.5, 0.6) is 0 Å². The van der Waals surface area contributed by atoms with E-state index in [1.807, 2.05) is 43.3 Å². The second-order valence-corrected chi connectivity index (χ2v) is 4.36. The van der Waals surface area contributed by atoms with Crippen molar-refractivity contribution in [3.8, 4) is 0 Å². The van der Waals surface area contributed by atoms with Crippen molar-refractivity contribution in [1.29, 1.82) is 0 Å². The lowest BCUT2D eigenvalue weighted by Gasteiger charge is -2.08. The molecule has 1 aromatic heterocycles. The molecule has 1 heterocycles. The van der Waals surface area contributed by atoms with E-state index < -0.39 is 0 Å². The highest BCUT2D eigenvalue weighted by Crippen LogP contribution is 2.22. The number of nitrogens with zero attached hydrogens (tertiary/aromatic N) is 1. The van der Waals surface area contributed by atoms with Crippen LogP contribution < -0.4 is 0 Å². The minimum Gasteiger partial charge on any atom is -0.472 e. The highest BCUT2D eigenvalue weighted by atomic mass is 16.3. The fourth-order valence-corrected chi connectivity index (χ4v) is 1.80. The van der Waals surface area contributed by atoms with Gasteiger partial charge in [-0.25, -0.2) is 0 Å². The van der Waals surface area contributed by atoms with Crippen LogP contribution in [0, 0.1) is 0 Å². The fraction of sp³-hybridized carbons (Fsp3) is 0.250. The third-order valence-corrected chi connectivity index (χ3v) is 2.95. The summed E-state index contributed by atoms with van der Waals surface area (Å²) < 4.78 is 5.08. The van der Waals surface area contributed by atoms with Crippen molar-refractivity contribution in [3.05, 3.63) is 60.1 Å². The lowest BCUT2D eigenvalue weighted by Crippen LogP contribution is -2.04. The normalized spacial score (nSPS) is 12.7. The molecule has 0 unspecified atom stereocenters. The molecule has 0 aliphatic carbocycles. The van der Waals surface area contributed by atoms with Crippen LogP contribution in [0.2, 0.25) is 0 Å². The van der Waals surface area contributed by atoms with Crippen molar-refractivity contribution in [1.82, 2.24) is 0 Å². The zero-order chi connectivity index (χ0) is 13.5. The minimum atomic E-state index is -0.161. The van der Waals surface area contributed by atoms with E-state index in [1.54, 1.807) is 18.7 Å². The van der Waals surface area contributed by atoms with Crippen LogP contribution >= 0.6 is 0 Å². The van der Waals surface area contributed by atoms with Gasteiger partial charge in [0.05, 0.1) is 18.6 Å². The largest absolute Gasteiger partial charge is 0.472 e. The molecule has 0 aliphatic rings. The third-order valence-electron chi connectivity index (χ3n) is 2.95. The molecule has 0 amide bonds. The Morgan fingerprint density at radius 1 is 1.32 bits per heavy atom. The second-order valence-electron chi connectivity index (χ2n) is 4.36. The summed E-state index contributed by atoms with van der Waals surface area (Å²) in [5, 5.41) is 0. The second kappa shape index (κ2) is 6.69. The maximum Gasteiger partial charge on any atom is 0.135 e. The van der Waals surface area contributed by atoms with E-state index in [0.717, 1.165) is 11.1 Å². The Morgan fingerprint density at radius 3 is 2.74 bits per heavy atom. The zero-order valence-corrected chi connectivity index (χ0v) is 11.0. The number of hydrogen-bond acceptors (Lipinski definition) is 3. The Morgan fingerprint density at radius 2 is 2.11 bits per heavy atom. The molecule has 0 N–H and O–H groups in total. The first kappa shape index (κ1) is 13.3. The summed E-state index contributed by atoms with van der Waals surface area (Å²) >= 11 is 0. The number of carbonyl (C=O) groups is 1. The SMILES string of the molecule is CCC(=O)C[C@H](N=Cc1ccccc1)c1ccoc1. The summed E-state index contributed by atoms with van der Waals surface area (Å²) in [6.45, 7) is 1.87. The number of aliphatic imine (C=N–C) groups is 1. The molecule has 2 aromatic rings. The van der Waals surface area contributed by atoms with E-state index in [1.165, 1.54) is 0 Å². The average molecular weight is 255 g/mol. The lowest BCUT2D eigenvalue weighted by molar-refractivity contribution is -0.119. The molecule has 98 valence electrons. The van der Waals surface area contributed by atoms with Crippen LogP contribution in [-0.2, 0) is 4.79 Å². The molecular weight excluding hydrogens is 238 g/mol. The summed E-state index contributed by atoms with van der Waals surface area (Å²) in [5.41, 5.74) is 1.97.